The molecule has 1 aliphatic rings. The third-order valence-corrected chi connectivity index (χ3v) is 4.76. The molecule has 0 spiro atoms. The Balaban J connectivity index is 1.56. The van der Waals surface area contributed by atoms with Crippen LogP contribution in [0.2, 0.25) is 5.02 Å². The number of hydrogen-bond donors (Lipinski definition) is 2. The third kappa shape index (κ3) is 4.38. The maximum absolute atomic E-state index is 12.7. The summed E-state index contributed by atoms with van der Waals surface area (Å²) in [6.45, 7) is 0.376. The first-order chi connectivity index (χ1) is 13.8. The van der Waals surface area contributed by atoms with Gasteiger partial charge in [-0.15, -0.1) is 0 Å². The number of carbonyl (C=O) groups excluding carboxylic acids is 4. The summed E-state index contributed by atoms with van der Waals surface area (Å²) in [6.07, 6.45) is 0. The van der Waals surface area contributed by atoms with E-state index >= 15 is 0 Å². The molecule has 0 aliphatic carbocycles. The summed E-state index contributed by atoms with van der Waals surface area (Å²) in [7, 11) is 0. The second kappa shape index (κ2) is 8.32. The van der Waals surface area contributed by atoms with Crippen molar-refractivity contribution in [1.29, 1.82) is 0 Å². The van der Waals surface area contributed by atoms with E-state index in [1.165, 1.54) is 0 Å². The predicted molar refractivity (Wildman–Crippen MR) is 105 cm³/mol. The van der Waals surface area contributed by atoms with Crippen LogP contribution in [-0.2, 0) is 24.7 Å². The number of carbonyl (C=O) groups is 4. The van der Waals surface area contributed by atoms with Crippen LogP contribution in [0, 0.1) is 0 Å². The fourth-order valence-corrected chi connectivity index (χ4v) is 3.06. The first-order valence-corrected chi connectivity index (χ1v) is 9.08. The molecule has 1 fully saturated rings. The number of esters is 1. The monoisotopic (exact) mass is 415 g/mol. The summed E-state index contributed by atoms with van der Waals surface area (Å²) in [6, 6.07) is 14.6. The second-order valence-corrected chi connectivity index (χ2v) is 6.91. The lowest BCUT2D eigenvalue weighted by Gasteiger charge is -2.21. The van der Waals surface area contributed by atoms with Crippen molar-refractivity contribution in [2.75, 3.05) is 18.5 Å². The number of rotatable bonds is 6. The van der Waals surface area contributed by atoms with Crippen LogP contribution in [0.5, 0.6) is 0 Å². The standard InChI is InChI=1S/C20H18ClN3O5/c1-20(13-7-3-2-4-8-13)18(27)24(19(28)23-20)11-17(26)29-12-16(25)22-15-10-6-5-9-14(15)21/h2-10H,11-12H2,1H3,(H,22,25)(H,23,28)/t20-/m0/s1. The molecule has 150 valence electrons. The number of anilines is 1. The lowest BCUT2D eigenvalue weighted by atomic mass is 9.92. The number of benzene rings is 2. The topological polar surface area (TPSA) is 105 Å². The molecule has 1 aliphatic heterocycles. The van der Waals surface area contributed by atoms with Crippen molar-refractivity contribution in [3.05, 3.63) is 65.2 Å². The highest BCUT2D eigenvalue weighted by atomic mass is 35.5. The number of hydrogen-bond acceptors (Lipinski definition) is 5. The highest BCUT2D eigenvalue weighted by molar-refractivity contribution is 6.33. The van der Waals surface area contributed by atoms with E-state index in [9.17, 15) is 19.2 Å². The van der Waals surface area contributed by atoms with Gasteiger partial charge in [0.15, 0.2) is 6.61 Å². The molecule has 2 N–H and O–H groups in total. The first-order valence-electron chi connectivity index (χ1n) is 8.71. The summed E-state index contributed by atoms with van der Waals surface area (Å²) in [4.78, 5) is 49.7. The van der Waals surface area contributed by atoms with Gasteiger partial charge in [-0.3, -0.25) is 19.3 Å². The van der Waals surface area contributed by atoms with Crippen LogP contribution in [0.15, 0.2) is 54.6 Å². The van der Waals surface area contributed by atoms with Gasteiger partial charge in [0.1, 0.15) is 12.1 Å². The van der Waals surface area contributed by atoms with Crippen LogP contribution < -0.4 is 10.6 Å². The number of para-hydroxylation sites is 1. The Labute approximate surface area is 171 Å². The largest absolute Gasteiger partial charge is 0.454 e. The Morgan fingerprint density at radius 2 is 1.76 bits per heavy atom. The van der Waals surface area contributed by atoms with E-state index < -0.39 is 42.5 Å². The average molecular weight is 416 g/mol. The van der Waals surface area contributed by atoms with Crippen molar-refractivity contribution in [3.63, 3.8) is 0 Å². The molecule has 2 aromatic rings. The van der Waals surface area contributed by atoms with Crippen molar-refractivity contribution in [2.45, 2.75) is 12.5 Å². The third-order valence-electron chi connectivity index (χ3n) is 4.43. The average Bonchev–Trinajstić information content (AvgIpc) is 2.93. The molecule has 0 unspecified atom stereocenters. The Kier molecular flexibility index (Phi) is 5.84. The normalized spacial score (nSPS) is 18.3. The summed E-state index contributed by atoms with van der Waals surface area (Å²) in [5.41, 5.74) is -0.309. The molecule has 0 radical (unpaired) electrons. The number of nitrogens with one attached hydrogen (secondary N) is 2. The minimum Gasteiger partial charge on any atom is -0.454 e. The maximum Gasteiger partial charge on any atom is 0.326 e. The van der Waals surface area contributed by atoms with Gasteiger partial charge >= 0.3 is 12.0 Å². The van der Waals surface area contributed by atoms with Crippen molar-refractivity contribution >= 4 is 41.1 Å². The number of ether oxygens (including phenoxy) is 1. The molecular weight excluding hydrogens is 398 g/mol. The molecule has 0 aromatic heterocycles. The Bertz CT molecular complexity index is 966. The van der Waals surface area contributed by atoms with Crippen LogP contribution in [-0.4, -0.2) is 41.9 Å². The maximum atomic E-state index is 12.7. The zero-order valence-electron chi connectivity index (χ0n) is 15.5. The second-order valence-electron chi connectivity index (χ2n) is 6.50. The van der Waals surface area contributed by atoms with E-state index in [0.717, 1.165) is 4.90 Å². The van der Waals surface area contributed by atoms with Gasteiger partial charge in [0.25, 0.3) is 11.8 Å². The Morgan fingerprint density at radius 3 is 2.45 bits per heavy atom. The quantitative estimate of drug-likeness (QED) is 0.556. The molecule has 2 aromatic carbocycles. The fourth-order valence-electron chi connectivity index (χ4n) is 2.88. The Morgan fingerprint density at radius 1 is 1.10 bits per heavy atom. The van der Waals surface area contributed by atoms with Crippen LogP contribution >= 0.6 is 11.6 Å². The predicted octanol–water partition coefficient (Wildman–Crippen LogP) is 2.29. The molecule has 9 heteroatoms. The molecule has 0 saturated carbocycles. The van der Waals surface area contributed by atoms with Gasteiger partial charge in [0.2, 0.25) is 0 Å². The van der Waals surface area contributed by atoms with Gasteiger partial charge in [-0.05, 0) is 24.6 Å². The zero-order chi connectivity index (χ0) is 21.0. The van der Waals surface area contributed by atoms with Crippen molar-refractivity contribution in [3.8, 4) is 0 Å². The molecule has 8 nitrogen and oxygen atoms in total. The molecule has 29 heavy (non-hydrogen) atoms. The van der Waals surface area contributed by atoms with Crippen LogP contribution in [0.3, 0.4) is 0 Å². The molecule has 3 rings (SSSR count). The van der Waals surface area contributed by atoms with E-state index in [0.29, 0.717) is 16.3 Å². The summed E-state index contributed by atoms with van der Waals surface area (Å²) < 4.78 is 4.88. The molecule has 1 heterocycles. The number of nitrogens with zero attached hydrogens (tertiary/aromatic N) is 1. The summed E-state index contributed by atoms with van der Waals surface area (Å²) in [5, 5.41) is 5.43. The molecule has 4 amide bonds. The SMILES string of the molecule is C[C@@]1(c2ccccc2)NC(=O)N(CC(=O)OCC(=O)Nc2ccccc2Cl)C1=O. The van der Waals surface area contributed by atoms with E-state index in [1.54, 1.807) is 61.5 Å². The molecule has 1 atom stereocenters. The van der Waals surface area contributed by atoms with Gasteiger partial charge in [0, 0.05) is 0 Å². The lowest BCUT2D eigenvalue weighted by Crippen LogP contribution is -2.41. The van der Waals surface area contributed by atoms with Gasteiger partial charge < -0.3 is 15.4 Å². The van der Waals surface area contributed by atoms with Crippen molar-refractivity contribution in [1.82, 2.24) is 10.2 Å². The van der Waals surface area contributed by atoms with Crippen LogP contribution in [0.25, 0.3) is 0 Å². The van der Waals surface area contributed by atoms with Crippen molar-refractivity contribution in [2.24, 2.45) is 0 Å². The molecular formula is C20H18ClN3O5. The van der Waals surface area contributed by atoms with E-state index in [1.807, 2.05) is 0 Å². The highest BCUT2D eigenvalue weighted by Gasteiger charge is 2.49. The molecule has 0 bridgehead atoms. The van der Waals surface area contributed by atoms with Crippen LogP contribution in [0.1, 0.15) is 12.5 Å². The van der Waals surface area contributed by atoms with Gasteiger partial charge in [0.05, 0.1) is 10.7 Å². The van der Waals surface area contributed by atoms with E-state index in [2.05, 4.69) is 10.6 Å². The number of imide groups is 1. The Hall–Kier alpha value is -3.39. The zero-order valence-corrected chi connectivity index (χ0v) is 16.2. The molecule has 1 saturated heterocycles. The van der Waals surface area contributed by atoms with E-state index in [-0.39, 0.29) is 0 Å². The highest BCUT2D eigenvalue weighted by Crippen LogP contribution is 2.28. The number of urea groups is 1. The van der Waals surface area contributed by atoms with Gasteiger partial charge in [-0.1, -0.05) is 54.1 Å². The van der Waals surface area contributed by atoms with Gasteiger partial charge in [-0.2, -0.15) is 0 Å². The number of halogens is 1. The lowest BCUT2D eigenvalue weighted by molar-refractivity contribution is -0.150. The van der Waals surface area contributed by atoms with Crippen molar-refractivity contribution < 1.29 is 23.9 Å². The van der Waals surface area contributed by atoms with E-state index in [4.69, 9.17) is 16.3 Å². The summed E-state index contributed by atoms with van der Waals surface area (Å²) >= 11 is 5.94. The van der Waals surface area contributed by atoms with Crippen LogP contribution in [0.4, 0.5) is 10.5 Å². The summed E-state index contributed by atoms with van der Waals surface area (Å²) in [5.74, 6) is -2.07. The first kappa shape index (κ1) is 20.3. The van der Waals surface area contributed by atoms with Gasteiger partial charge in [-0.25, -0.2) is 4.79 Å². The minimum absolute atomic E-state index is 0.340. The number of amides is 4. The minimum atomic E-state index is -1.28. The fraction of sp³-hybridized carbons (Fsp3) is 0.200. The smallest absolute Gasteiger partial charge is 0.326 e.